The van der Waals surface area contributed by atoms with E-state index in [1.165, 1.54) is 10.6 Å². The van der Waals surface area contributed by atoms with Crippen LogP contribution < -0.4 is 5.56 Å². The van der Waals surface area contributed by atoms with E-state index in [-0.39, 0.29) is 12.1 Å². The lowest BCUT2D eigenvalue weighted by molar-refractivity contribution is -0.137. The number of carbonyl (C=O) groups is 1. The molecule has 4 heteroatoms. The number of hydrogen-bond acceptors (Lipinski definition) is 2. The molecule has 0 amide bonds. The molecule has 0 aliphatic heterocycles. The molecule has 18 heavy (non-hydrogen) atoms. The SMILES string of the molecule is CC(C)c1ccc2ccc(=O)n(CC(=O)O)c2c1. The first-order valence-electron chi connectivity index (χ1n) is 5.84. The minimum absolute atomic E-state index is 0.286. The average molecular weight is 245 g/mol. The number of aliphatic carboxylic acids is 1. The molecule has 0 unspecified atom stereocenters. The third-order valence-electron chi connectivity index (χ3n) is 2.98. The number of pyridine rings is 1. The van der Waals surface area contributed by atoms with Crippen LogP contribution in [0.5, 0.6) is 0 Å². The van der Waals surface area contributed by atoms with E-state index in [0.29, 0.717) is 11.4 Å². The number of nitrogens with zero attached hydrogens (tertiary/aromatic N) is 1. The summed E-state index contributed by atoms with van der Waals surface area (Å²) in [6.45, 7) is 3.81. The number of rotatable bonds is 3. The largest absolute Gasteiger partial charge is 0.480 e. The first-order valence-corrected chi connectivity index (χ1v) is 5.84. The van der Waals surface area contributed by atoms with Gasteiger partial charge in [0.25, 0.3) is 5.56 Å². The summed E-state index contributed by atoms with van der Waals surface area (Å²) >= 11 is 0. The highest BCUT2D eigenvalue weighted by molar-refractivity contribution is 5.81. The van der Waals surface area contributed by atoms with Crippen molar-refractivity contribution in [3.05, 3.63) is 46.2 Å². The quantitative estimate of drug-likeness (QED) is 0.901. The molecule has 2 rings (SSSR count). The van der Waals surface area contributed by atoms with Crippen LogP contribution in [-0.2, 0) is 11.3 Å². The third-order valence-corrected chi connectivity index (χ3v) is 2.98. The number of carboxylic acid groups (broad SMARTS) is 1. The zero-order chi connectivity index (χ0) is 13.3. The van der Waals surface area contributed by atoms with Gasteiger partial charge in [0.15, 0.2) is 0 Å². The third kappa shape index (κ3) is 2.27. The summed E-state index contributed by atoms with van der Waals surface area (Å²) < 4.78 is 1.30. The predicted octanol–water partition coefficient (Wildman–Crippen LogP) is 2.21. The van der Waals surface area contributed by atoms with Crippen molar-refractivity contribution in [2.75, 3.05) is 0 Å². The fourth-order valence-electron chi connectivity index (χ4n) is 1.96. The zero-order valence-electron chi connectivity index (χ0n) is 10.4. The van der Waals surface area contributed by atoms with Crippen LogP contribution >= 0.6 is 0 Å². The van der Waals surface area contributed by atoms with Gasteiger partial charge in [0.1, 0.15) is 6.54 Å². The molecule has 0 spiro atoms. The fourth-order valence-corrected chi connectivity index (χ4v) is 1.96. The normalized spacial score (nSPS) is 11.1. The van der Waals surface area contributed by atoms with Crippen molar-refractivity contribution in [2.24, 2.45) is 0 Å². The Morgan fingerprint density at radius 2 is 1.94 bits per heavy atom. The first-order chi connectivity index (χ1) is 8.49. The summed E-state index contributed by atoms with van der Waals surface area (Å²) in [5, 5.41) is 9.74. The Morgan fingerprint density at radius 3 is 2.56 bits per heavy atom. The van der Waals surface area contributed by atoms with Crippen LogP contribution in [0.25, 0.3) is 10.9 Å². The minimum atomic E-state index is -1.01. The van der Waals surface area contributed by atoms with Gasteiger partial charge in [-0.2, -0.15) is 0 Å². The standard InChI is InChI=1S/C14H15NO3/c1-9(2)11-4-3-10-5-6-13(16)15(8-14(17)18)12(10)7-11/h3-7,9H,8H2,1-2H3,(H,17,18). The molecule has 0 bridgehead atoms. The molecule has 1 heterocycles. The average Bonchev–Trinajstić information content (AvgIpc) is 2.31. The van der Waals surface area contributed by atoms with Crippen LogP contribution in [0.2, 0.25) is 0 Å². The van der Waals surface area contributed by atoms with Crippen molar-refractivity contribution in [3.8, 4) is 0 Å². The molecule has 0 aliphatic rings. The molecule has 0 saturated carbocycles. The van der Waals surface area contributed by atoms with E-state index in [2.05, 4.69) is 13.8 Å². The van der Waals surface area contributed by atoms with Crippen LogP contribution in [-0.4, -0.2) is 15.6 Å². The second-order valence-corrected chi connectivity index (χ2v) is 4.62. The van der Waals surface area contributed by atoms with Crippen LogP contribution in [0.4, 0.5) is 0 Å². The van der Waals surface area contributed by atoms with E-state index >= 15 is 0 Å². The topological polar surface area (TPSA) is 59.3 Å². The highest BCUT2D eigenvalue weighted by atomic mass is 16.4. The van der Waals surface area contributed by atoms with Crippen LogP contribution in [0, 0.1) is 0 Å². The maximum atomic E-state index is 11.7. The first kappa shape index (κ1) is 12.4. The van der Waals surface area contributed by atoms with Gasteiger partial charge in [-0.3, -0.25) is 14.2 Å². The lowest BCUT2D eigenvalue weighted by atomic mass is 10.0. The molecule has 4 nitrogen and oxygen atoms in total. The number of hydrogen-bond donors (Lipinski definition) is 1. The molecule has 0 aliphatic carbocycles. The molecule has 0 saturated heterocycles. The number of carboxylic acids is 1. The van der Waals surface area contributed by atoms with Crippen molar-refractivity contribution in [2.45, 2.75) is 26.3 Å². The Labute approximate surface area is 104 Å². The molecule has 0 atom stereocenters. The summed E-state index contributed by atoms with van der Waals surface area (Å²) in [4.78, 5) is 22.6. The lowest BCUT2D eigenvalue weighted by Crippen LogP contribution is -2.23. The Morgan fingerprint density at radius 1 is 1.28 bits per heavy atom. The summed E-state index contributed by atoms with van der Waals surface area (Å²) in [6.07, 6.45) is 0. The van der Waals surface area contributed by atoms with E-state index in [1.54, 1.807) is 6.07 Å². The van der Waals surface area contributed by atoms with E-state index < -0.39 is 5.97 Å². The van der Waals surface area contributed by atoms with Crippen molar-refractivity contribution in [1.29, 1.82) is 0 Å². The minimum Gasteiger partial charge on any atom is -0.480 e. The van der Waals surface area contributed by atoms with Crippen molar-refractivity contribution >= 4 is 16.9 Å². The zero-order valence-corrected chi connectivity index (χ0v) is 10.4. The molecular weight excluding hydrogens is 230 g/mol. The Hall–Kier alpha value is -2.10. The second-order valence-electron chi connectivity index (χ2n) is 4.62. The molecule has 2 aromatic rings. The molecule has 1 N–H and O–H groups in total. The number of fused-ring (bicyclic) bond motifs is 1. The molecule has 0 radical (unpaired) electrons. The summed E-state index contributed by atoms with van der Waals surface area (Å²) in [5.41, 5.74) is 1.48. The maximum absolute atomic E-state index is 11.7. The van der Waals surface area contributed by atoms with E-state index in [0.717, 1.165) is 10.9 Å². The van der Waals surface area contributed by atoms with Gasteiger partial charge < -0.3 is 5.11 Å². The monoisotopic (exact) mass is 245 g/mol. The molecule has 0 fully saturated rings. The fraction of sp³-hybridized carbons (Fsp3) is 0.286. The number of benzene rings is 1. The van der Waals surface area contributed by atoms with Gasteiger partial charge in [0, 0.05) is 6.07 Å². The van der Waals surface area contributed by atoms with Crippen molar-refractivity contribution < 1.29 is 9.90 Å². The summed E-state index contributed by atoms with van der Waals surface area (Å²) in [6, 6.07) is 8.94. The van der Waals surface area contributed by atoms with Crippen LogP contribution in [0.15, 0.2) is 35.1 Å². The van der Waals surface area contributed by atoms with Gasteiger partial charge in [-0.05, 0) is 29.0 Å². The molecular formula is C14H15NO3. The van der Waals surface area contributed by atoms with Crippen LogP contribution in [0.3, 0.4) is 0 Å². The van der Waals surface area contributed by atoms with Gasteiger partial charge in [-0.15, -0.1) is 0 Å². The van der Waals surface area contributed by atoms with Crippen molar-refractivity contribution in [1.82, 2.24) is 4.57 Å². The van der Waals surface area contributed by atoms with Gasteiger partial charge in [0.05, 0.1) is 5.52 Å². The predicted molar refractivity (Wildman–Crippen MR) is 69.9 cm³/mol. The highest BCUT2D eigenvalue weighted by Gasteiger charge is 2.08. The lowest BCUT2D eigenvalue weighted by Gasteiger charge is -2.11. The van der Waals surface area contributed by atoms with Gasteiger partial charge in [0.2, 0.25) is 0 Å². The Kier molecular flexibility index (Phi) is 3.19. The summed E-state index contributed by atoms with van der Waals surface area (Å²) in [7, 11) is 0. The number of aromatic nitrogens is 1. The summed E-state index contributed by atoms with van der Waals surface area (Å²) in [5.74, 6) is -0.678. The van der Waals surface area contributed by atoms with Gasteiger partial charge >= 0.3 is 5.97 Å². The van der Waals surface area contributed by atoms with Crippen LogP contribution in [0.1, 0.15) is 25.3 Å². The Balaban J connectivity index is 2.72. The second kappa shape index (κ2) is 4.64. The Bertz CT molecular complexity index is 656. The smallest absolute Gasteiger partial charge is 0.323 e. The van der Waals surface area contributed by atoms with E-state index in [4.69, 9.17) is 5.11 Å². The molecule has 94 valence electrons. The van der Waals surface area contributed by atoms with E-state index in [9.17, 15) is 9.59 Å². The molecule has 1 aromatic heterocycles. The maximum Gasteiger partial charge on any atom is 0.323 e. The van der Waals surface area contributed by atoms with Crippen molar-refractivity contribution in [3.63, 3.8) is 0 Å². The highest BCUT2D eigenvalue weighted by Crippen LogP contribution is 2.20. The van der Waals surface area contributed by atoms with Gasteiger partial charge in [-0.1, -0.05) is 26.0 Å². The van der Waals surface area contributed by atoms with E-state index in [1.807, 2.05) is 18.2 Å². The van der Waals surface area contributed by atoms with Gasteiger partial charge in [-0.25, -0.2) is 0 Å². The molecule has 1 aromatic carbocycles.